The number of piperidine rings is 1. The van der Waals surface area contributed by atoms with Crippen LogP contribution in [0.3, 0.4) is 0 Å². The molecule has 2 aromatic rings. The van der Waals surface area contributed by atoms with Crippen molar-refractivity contribution < 1.29 is 9.47 Å². The van der Waals surface area contributed by atoms with Gasteiger partial charge in [0.05, 0.1) is 19.2 Å². The predicted octanol–water partition coefficient (Wildman–Crippen LogP) is 3.66. The summed E-state index contributed by atoms with van der Waals surface area (Å²) in [4.78, 5) is 13.9. The first-order valence-corrected chi connectivity index (χ1v) is 12.2. The molecule has 2 aliphatic rings. The second-order valence-corrected chi connectivity index (χ2v) is 9.33. The molecule has 0 atom stereocenters. The van der Waals surface area contributed by atoms with Crippen LogP contribution < -0.4 is 14.8 Å². The van der Waals surface area contributed by atoms with Crippen LogP contribution in [-0.2, 0) is 0 Å². The Morgan fingerprint density at radius 3 is 2.55 bits per heavy atom. The molecule has 0 unspecified atom stereocenters. The lowest BCUT2D eigenvalue weighted by Crippen LogP contribution is -2.42. The van der Waals surface area contributed by atoms with Gasteiger partial charge in [-0.1, -0.05) is 0 Å². The normalized spacial score (nSPS) is 18.0. The van der Waals surface area contributed by atoms with E-state index in [2.05, 4.69) is 45.0 Å². The van der Waals surface area contributed by atoms with Crippen molar-refractivity contribution >= 4 is 16.7 Å². The summed E-state index contributed by atoms with van der Waals surface area (Å²) in [5.74, 6) is 2.17. The number of hydrogen-bond acceptors (Lipinski definition) is 8. The van der Waals surface area contributed by atoms with Crippen molar-refractivity contribution in [1.82, 2.24) is 19.8 Å². The molecule has 0 aliphatic carbocycles. The van der Waals surface area contributed by atoms with Crippen LogP contribution in [0.1, 0.15) is 51.8 Å². The largest absolute Gasteiger partial charge is 0.493 e. The highest BCUT2D eigenvalue weighted by Gasteiger charge is 2.22. The monoisotopic (exact) mass is 452 g/mol. The predicted molar refractivity (Wildman–Crippen MR) is 130 cm³/mol. The molecule has 4 rings (SSSR count). The Balaban J connectivity index is 1.49. The number of anilines is 1. The van der Waals surface area contributed by atoms with E-state index in [9.17, 15) is 5.26 Å². The zero-order chi connectivity index (χ0) is 23.2. The van der Waals surface area contributed by atoms with Crippen molar-refractivity contribution in [2.24, 2.45) is 0 Å². The number of methoxy groups -OCH3 is 1. The maximum absolute atomic E-state index is 9.50. The van der Waals surface area contributed by atoms with Gasteiger partial charge in [0, 0.05) is 43.2 Å². The number of nitriles is 1. The summed E-state index contributed by atoms with van der Waals surface area (Å²) >= 11 is 0. The van der Waals surface area contributed by atoms with Gasteiger partial charge in [0.1, 0.15) is 11.9 Å². The van der Waals surface area contributed by atoms with E-state index >= 15 is 0 Å². The first kappa shape index (κ1) is 23.5. The third-order valence-electron chi connectivity index (χ3n) is 6.76. The molecule has 1 N–H and O–H groups in total. The van der Waals surface area contributed by atoms with E-state index in [1.165, 1.54) is 25.9 Å². The summed E-state index contributed by atoms with van der Waals surface area (Å²) < 4.78 is 11.7. The van der Waals surface area contributed by atoms with Crippen molar-refractivity contribution in [3.05, 3.63) is 18.0 Å². The Hall–Kier alpha value is -2.63. The standard InChI is InChI=1S/C25H36N6O2/c1-18(2)31-12-7-19(8-13-31)27-25-20-15-22(32-3)23(16-21(20)28-24(17-26)29-25)33-14-6-11-30-9-4-5-10-30/h15-16,18-19H,4-14H2,1-3H3,(H,27,28,29). The smallest absolute Gasteiger partial charge is 0.234 e. The van der Waals surface area contributed by atoms with Crippen LogP contribution in [0.25, 0.3) is 10.9 Å². The molecule has 1 aromatic heterocycles. The number of benzene rings is 1. The van der Waals surface area contributed by atoms with Crippen molar-refractivity contribution in [3.63, 3.8) is 0 Å². The number of hydrogen-bond donors (Lipinski definition) is 1. The quantitative estimate of drug-likeness (QED) is 0.577. The number of nitrogens with one attached hydrogen (secondary N) is 1. The zero-order valence-electron chi connectivity index (χ0n) is 20.1. The lowest BCUT2D eigenvalue weighted by Gasteiger charge is -2.35. The van der Waals surface area contributed by atoms with Crippen molar-refractivity contribution in [2.75, 3.05) is 51.8 Å². The number of ether oxygens (including phenoxy) is 2. The fraction of sp³-hybridized carbons (Fsp3) is 0.640. The minimum atomic E-state index is 0.162. The molecule has 0 bridgehead atoms. The molecule has 2 saturated heterocycles. The fourth-order valence-electron chi connectivity index (χ4n) is 4.80. The maximum Gasteiger partial charge on any atom is 0.234 e. The van der Waals surface area contributed by atoms with Gasteiger partial charge in [0.25, 0.3) is 0 Å². The fourth-order valence-corrected chi connectivity index (χ4v) is 4.80. The summed E-state index contributed by atoms with van der Waals surface area (Å²) in [6.45, 7) is 10.7. The minimum absolute atomic E-state index is 0.162. The highest BCUT2D eigenvalue weighted by molar-refractivity contribution is 5.92. The lowest BCUT2D eigenvalue weighted by molar-refractivity contribution is 0.177. The molecule has 2 aliphatic heterocycles. The van der Waals surface area contributed by atoms with Gasteiger partial charge >= 0.3 is 0 Å². The summed E-state index contributed by atoms with van der Waals surface area (Å²) in [5.41, 5.74) is 0.694. The number of likely N-dealkylation sites (tertiary alicyclic amines) is 2. The Kier molecular flexibility index (Phi) is 7.84. The number of nitrogens with zero attached hydrogens (tertiary/aromatic N) is 5. The molecule has 1 aromatic carbocycles. The second-order valence-electron chi connectivity index (χ2n) is 9.33. The van der Waals surface area contributed by atoms with Gasteiger partial charge < -0.3 is 24.6 Å². The van der Waals surface area contributed by atoms with E-state index in [1.54, 1.807) is 7.11 Å². The molecular formula is C25H36N6O2. The molecule has 0 radical (unpaired) electrons. The van der Waals surface area contributed by atoms with E-state index in [-0.39, 0.29) is 5.82 Å². The maximum atomic E-state index is 9.50. The number of fused-ring (bicyclic) bond motifs is 1. The summed E-state index contributed by atoms with van der Waals surface area (Å²) in [7, 11) is 1.65. The second kappa shape index (κ2) is 11.0. The Morgan fingerprint density at radius 2 is 1.88 bits per heavy atom. The topological polar surface area (TPSA) is 86.5 Å². The highest BCUT2D eigenvalue weighted by atomic mass is 16.5. The molecule has 0 amide bonds. The van der Waals surface area contributed by atoms with E-state index in [1.807, 2.05) is 12.1 Å². The van der Waals surface area contributed by atoms with Crippen LogP contribution in [-0.4, -0.2) is 78.3 Å². The lowest BCUT2D eigenvalue weighted by atomic mass is 10.0. The van der Waals surface area contributed by atoms with Crippen LogP contribution in [0.2, 0.25) is 0 Å². The zero-order valence-corrected chi connectivity index (χ0v) is 20.1. The third-order valence-corrected chi connectivity index (χ3v) is 6.76. The molecule has 2 fully saturated rings. The molecule has 0 spiro atoms. The van der Waals surface area contributed by atoms with Gasteiger partial charge in [0.15, 0.2) is 11.5 Å². The molecule has 178 valence electrons. The first-order valence-electron chi connectivity index (χ1n) is 12.2. The molecule has 0 saturated carbocycles. The SMILES string of the molecule is COc1cc2c(NC3CCN(C(C)C)CC3)nc(C#N)nc2cc1OCCCN1CCCC1. The average molecular weight is 453 g/mol. The third kappa shape index (κ3) is 5.84. The Labute approximate surface area is 196 Å². The van der Waals surface area contributed by atoms with E-state index < -0.39 is 0 Å². The Morgan fingerprint density at radius 1 is 1.12 bits per heavy atom. The first-order chi connectivity index (χ1) is 16.1. The average Bonchev–Trinajstić information content (AvgIpc) is 3.35. The van der Waals surface area contributed by atoms with Crippen LogP contribution in [0.5, 0.6) is 11.5 Å². The van der Waals surface area contributed by atoms with Gasteiger partial charge in [-0.25, -0.2) is 9.97 Å². The van der Waals surface area contributed by atoms with Crippen LogP contribution >= 0.6 is 0 Å². The van der Waals surface area contributed by atoms with Crippen LogP contribution in [0, 0.1) is 11.3 Å². The molecule has 33 heavy (non-hydrogen) atoms. The van der Waals surface area contributed by atoms with Crippen molar-refractivity contribution in [1.29, 1.82) is 5.26 Å². The molecule has 8 nitrogen and oxygen atoms in total. The van der Waals surface area contributed by atoms with Crippen LogP contribution in [0.15, 0.2) is 12.1 Å². The minimum Gasteiger partial charge on any atom is -0.493 e. The molecule has 3 heterocycles. The molecular weight excluding hydrogens is 416 g/mol. The van der Waals surface area contributed by atoms with Crippen molar-refractivity contribution in [3.8, 4) is 17.6 Å². The number of rotatable bonds is 9. The highest BCUT2D eigenvalue weighted by Crippen LogP contribution is 2.35. The van der Waals surface area contributed by atoms with Gasteiger partial charge in [-0.05, 0) is 65.1 Å². The number of aromatic nitrogens is 2. The Bertz CT molecular complexity index is 975. The van der Waals surface area contributed by atoms with Gasteiger partial charge in [-0.15, -0.1) is 0 Å². The van der Waals surface area contributed by atoms with E-state index in [0.717, 1.165) is 44.3 Å². The summed E-state index contributed by atoms with van der Waals surface area (Å²) in [5, 5.41) is 13.9. The van der Waals surface area contributed by atoms with Gasteiger partial charge in [0.2, 0.25) is 5.82 Å². The molecule has 8 heteroatoms. The summed E-state index contributed by atoms with van der Waals surface area (Å²) in [6, 6.07) is 6.79. The summed E-state index contributed by atoms with van der Waals surface area (Å²) in [6.07, 6.45) is 5.65. The van der Waals surface area contributed by atoms with Gasteiger partial charge in [-0.3, -0.25) is 0 Å². The van der Waals surface area contributed by atoms with Gasteiger partial charge in [-0.2, -0.15) is 5.26 Å². The van der Waals surface area contributed by atoms with Crippen molar-refractivity contribution in [2.45, 2.75) is 58.0 Å². The van der Waals surface area contributed by atoms with Crippen LogP contribution in [0.4, 0.5) is 5.82 Å². The van der Waals surface area contributed by atoms with E-state index in [0.29, 0.717) is 41.5 Å². The van der Waals surface area contributed by atoms with E-state index in [4.69, 9.17) is 9.47 Å².